The Hall–Kier alpha value is -2.82. The molecule has 0 bridgehead atoms. The van der Waals surface area contributed by atoms with Crippen LogP contribution in [0.3, 0.4) is 0 Å². The number of nitrogens with zero attached hydrogens (tertiary/aromatic N) is 1. The van der Waals surface area contributed by atoms with Crippen LogP contribution in [0.4, 0.5) is 5.69 Å². The standard InChI is InChI=1S/C18H19N3O2/c1-3-16-19-15-7-5-4-6-14(15)18(23)21(16)20-17(22)13-10-8-12(2)9-11-13/h4-11,16,19H,3H2,1-2H3,(H,20,22). The Morgan fingerprint density at radius 2 is 1.87 bits per heavy atom. The molecule has 1 heterocycles. The minimum atomic E-state index is -0.294. The van der Waals surface area contributed by atoms with Gasteiger partial charge in [0.25, 0.3) is 11.8 Å². The topological polar surface area (TPSA) is 61.4 Å². The number of carbonyl (C=O) groups is 2. The van der Waals surface area contributed by atoms with Crippen molar-refractivity contribution in [2.75, 3.05) is 5.32 Å². The van der Waals surface area contributed by atoms with E-state index in [1.54, 1.807) is 18.2 Å². The summed E-state index contributed by atoms with van der Waals surface area (Å²) in [4.78, 5) is 25.1. The molecule has 2 N–H and O–H groups in total. The van der Waals surface area contributed by atoms with Crippen molar-refractivity contribution in [2.24, 2.45) is 0 Å². The number of fused-ring (bicyclic) bond motifs is 1. The number of rotatable bonds is 3. The van der Waals surface area contributed by atoms with Crippen LogP contribution in [0.15, 0.2) is 48.5 Å². The molecule has 2 aromatic carbocycles. The number of hydrogen-bond acceptors (Lipinski definition) is 3. The van der Waals surface area contributed by atoms with Gasteiger partial charge in [-0.2, -0.15) is 0 Å². The molecule has 1 aliphatic heterocycles. The summed E-state index contributed by atoms with van der Waals surface area (Å²) >= 11 is 0. The minimum absolute atomic E-state index is 0.202. The fraction of sp³-hybridized carbons (Fsp3) is 0.222. The van der Waals surface area contributed by atoms with Crippen molar-refractivity contribution in [1.82, 2.24) is 10.4 Å². The van der Waals surface area contributed by atoms with Gasteiger partial charge >= 0.3 is 0 Å². The summed E-state index contributed by atoms with van der Waals surface area (Å²) in [5, 5.41) is 4.66. The third-order valence-electron chi connectivity index (χ3n) is 3.93. The number of aryl methyl sites for hydroxylation is 1. The van der Waals surface area contributed by atoms with Crippen LogP contribution in [0, 0.1) is 6.92 Å². The number of hydrazine groups is 1. The first-order valence-electron chi connectivity index (χ1n) is 7.67. The van der Waals surface area contributed by atoms with Crippen LogP contribution in [0.2, 0.25) is 0 Å². The van der Waals surface area contributed by atoms with Gasteiger partial charge < -0.3 is 5.32 Å². The normalized spacial score (nSPS) is 16.5. The molecule has 1 atom stereocenters. The zero-order chi connectivity index (χ0) is 16.4. The van der Waals surface area contributed by atoms with E-state index < -0.39 is 0 Å². The second-order valence-corrected chi connectivity index (χ2v) is 5.60. The number of nitrogens with one attached hydrogen (secondary N) is 2. The van der Waals surface area contributed by atoms with E-state index in [4.69, 9.17) is 0 Å². The van der Waals surface area contributed by atoms with E-state index in [9.17, 15) is 9.59 Å². The first-order valence-corrected chi connectivity index (χ1v) is 7.67. The van der Waals surface area contributed by atoms with Gasteiger partial charge in [-0.25, -0.2) is 5.01 Å². The number of anilines is 1. The molecular formula is C18H19N3O2. The fourth-order valence-corrected chi connectivity index (χ4v) is 2.60. The number of carbonyl (C=O) groups excluding carboxylic acids is 2. The second kappa shape index (κ2) is 6.12. The van der Waals surface area contributed by atoms with Crippen LogP contribution in [-0.4, -0.2) is 23.0 Å². The number of hydrogen-bond donors (Lipinski definition) is 2. The summed E-state index contributed by atoms with van der Waals surface area (Å²) in [5.74, 6) is -0.496. The molecule has 0 aliphatic carbocycles. The van der Waals surface area contributed by atoms with Crippen molar-refractivity contribution in [1.29, 1.82) is 0 Å². The SMILES string of the molecule is CCC1Nc2ccccc2C(=O)N1NC(=O)c1ccc(C)cc1. The third kappa shape index (κ3) is 2.90. The minimum Gasteiger partial charge on any atom is -0.363 e. The predicted octanol–water partition coefficient (Wildman–Crippen LogP) is 2.94. The van der Waals surface area contributed by atoms with Crippen LogP contribution >= 0.6 is 0 Å². The Kier molecular flexibility index (Phi) is 4.02. The quantitative estimate of drug-likeness (QED) is 0.916. The number of amides is 2. The van der Waals surface area contributed by atoms with E-state index in [1.165, 1.54) is 5.01 Å². The van der Waals surface area contributed by atoms with Crippen LogP contribution in [0.1, 0.15) is 39.6 Å². The van der Waals surface area contributed by atoms with Crippen molar-refractivity contribution in [3.05, 3.63) is 65.2 Å². The van der Waals surface area contributed by atoms with Gasteiger partial charge in [-0.3, -0.25) is 15.0 Å². The van der Waals surface area contributed by atoms with Gasteiger partial charge in [0.2, 0.25) is 0 Å². The second-order valence-electron chi connectivity index (χ2n) is 5.60. The third-order valence-corrected chi connectivity index (χ3v) is 3.93. The lowest BCUT2D eigenvalue weighted by Gasteiger charge is -2.37. The highest BCUT2D eigenvalue weighted by Gasteiger charge is 2.32. The van der Waals surface area contributed by atoms with E-state index >= 15 is 0 Å². The Balaban J connectivity index is 1.85. The molecule has 5 heteroatoms. The van der Waals surface area contributed by atoms with Crippen LogP contribution in [-0.2, 0) is 0 Å². The summed E-state index contributed by atoms with van der Waals surface area (Å²) in [6.07, 6.45) is 0.403. The summed E-state index contributed by atoms with van der Waals surface area (Å²) in [5.41, 5.74) is 5.69. The maximum Gasteiger partial charge on any atom is 0.276 e. The van der Waals surface area contributed by atoms with Crippen molar-refractivity contribution in [3.8, 4) is 0 Å². The zero-order valence-electron chi connectivity index (χ0n) is 13.2. The number of para-hydroxylation sites is 1. The average Bonchev–Trinajstić information content (AvgIpc) is 2.57. The molecule has 0 aromatic heterocycles. The smallest absolute Gasteiger partial charge is 0.276 e. The van der Waals surface area contributed by atoms with E-state index in [0.717, 1.165) is 11.3 Å². The van der Waals surface area contributed by atoms with Crippen LogP contribution < -0.4 is 10.7 Å². The van der Waals surface area contributed by atoms with Gasteiger partial charge in [0.1, 0.15) is 6.17 Å². The molecule has 0 saturated heterocycles. The Morgan fingerprint density at radius 1 is 1.17 bits per heavy atom. The van der Waals surface area contributed by atoms with E-state index in [-0.39, 0.29) is 18.0 Å². The van der Waals surface area contributed by atoms with Crippen molar-refractivity contribution < 1.29 is 9.59 Å². The molecule has 0 saturated carbocycles. The van der Waals surface area contributed by atoms with Gasteiger partial charge in [0, 0.05) is 11.3 Å². The Labute approximate surface area is 135 Å². The molecule has 2 aromatic rings. The largest absolute Gasteiger partial charge is 0.363 e. The molecule has 118 valence electrons. The molecule has 0 spiro atoms. The lowest BCUT2D eigenvalue weighted by molar-refractivity contribution is 0.0488. The van der Waals surface area contributed by atoms with Gasteiger partial charge in [-0.15, -0.1) is 0 Å². The molecule has 3 rings (SSSR count). The lowest BCUT2D eigenvalue weighted by Crippen LogP contribution is -2.57. The summed E-state index contributed by atoms with van der Waals surface area (Å²) in [7, 11) is 0. The van der Waals surface area contributed by atoms with Gasteiger partial charge in [-0.05, 0) is 37.6 Å². The Bertz CT molecular complexity index is 740. The molecule has 0 fully saturated rings. The van der Waals surface area contributed by atoms with Gasteiger partial charge in [0.05, 0.1) is 5.56 Å². The molecule has 0 radical (unpaired) electrons. The lowest BCUT2D eigenvalue weighted by atomic mass is 10.1. The van der Waals surface area contributed by atoms with E-state index in [0.29, 0.717) is 17.5 Å². The predicted molar refractivity (Wildman–Crippen MR) is 89.0 cm³/mol. The van der Waals surface area contributed by atoms with Gasteiger partial charge in [0.15, 0.2) is 0 Å². The van der Waals surface area contributed by atoms with Gasteiger partial charge in [-0.1, -0.05) is 36.8 Å². The summed E-state index contributed by atoms with van der Waals surface area (Å²) in [6, 6.07) is 14.6. The van der Waals surface area contributed by atoms with Crippen molar-refractivity contribution in [3.63, 3.8) is 0 Å². The maximum atomic E-state index is 12.7. The summed E-state index contributed by atoms with van der Waals surface area (Å²) < 4.78 is 0. The average molecular weight is 309 g/mol. The zero-order valence-corrected chi connectivity index (χ0v) is 13.2. The van der Waals surface area contributed by atoms with Crippen molar-refractivity contribution >= 4 is 17.5 Å². The molecule has 5 nitrogen and oxygen atoms in total. The monoisotopic (exact) mass is 309 g/mol. The number of benzene rings is 2. The maximum absolute atomic E-state index is 12.7. The molecular weight excluding hydrogens is 290 g/mol. The fourth-order valence-electron chi connectivity index (χ4n) is 2.60. The molecule has 1 unspecified atom stereocenters. The highest BCUT2D eigenvalue weighted by molar-refractivity contribution is 6.03. The summed E-state index contributed by atoms with van der Waals surface area (Å²) in [6.45, 7) is 3.92. The first-order chi connectivity index (χ1) is 11.1. The molecule has 2 amide bonds. The first kappa shape index (κ1) is 15.1. The molecule has 1 aliphatic rings. The highest BCUT2D eigenvalue weighted by atomic mass is 16.2. The molecule has 23 heavy (non-hydrogen) atoms. The highest BCUT2D eigenvalue weighted by Crippen LogP contribution is 2.25. The Morgan fingerprint density at radius 3 is 2.57 bits per heavy atom. The van der Waals surface area contributed by atoms with E-state index in [1.807, 2.05) is 44.2 Å². The van der Waals surface area contributed by atoms with Crippen LogP contribution in [0.25, 0.3) is 0 Å². The van der Waals surface area contributed by atoms with Crippen molar-refractivity contribution in [2.45, 2.75) is 26.4 Å². The van der Waals surface area contributed by atoms with E-state index in [2.05, 4.69) is 10.7 Å². The van der Waals surface area contributed by atoms with Crippen LogP contribution in [0.5, 0.6) is 0 Å².